The molecule has 0 spiro atoms. The average Bonchev–Trinajstić information content (AvgIpc) is 2.59. The van der Waals surface area contributed by atoms with E-state index >= 15 is 0 Å². The third-order valence-corrected chi connectivity index (χ3v) is 3.54. The molecule has 0 saturated carbocycles. The maximum Gasteiger partial charge on any atom is 0.261 e. The Hall–Kier alpha value is -1.41. The van der Waals surface area contributed by atoms with Crippen molar-refractivity contribution in [3.8, 4) is 0 Å². The molecule has 76 valence electrons. The Bertz CT molecular complexity index is 469. The molecular weight excluding hydrogens is 202 g/mol. The average molecular weight is 216 g/mol. The van der Waals surface area contributed by atoms with Crippen molar-refractivity contribution in [1.29, 1.82) is 0 Å². The summed E-state index contributed by atoms with van der Waals surface area (Å²) in [5.41, 5.74) is 2.54. The second-order valence-corrected chi connectivity index (χ2v) is 4.41. The number of hydrogen-bond donors (Lipinski definition) is 0. The van der Waals surface area contributed by atoms with Gasteiger partial charge in [0.2, 0.25) is 0 Å². The fourth-order valence-corrected chi connectivity index (χ4v) is 2.26. The molecule has 2 aromatic rings. The number of thiazole rings is 1. The van der Waals surface area contributed by atoms with E-state index in [4.69, 9.17) is 0 Å². The first-order valence-electron chi connectivity index (χ1n) is 4.94. The summed E-state index contributed by atoms with van der Waals surface area (Å²) < 4.78 is 2.20. The molecule has 15 heavy (non-hydrogen) atoms. The molecular formula is C13H14NS+. The van der Waals surface area contributed by atoms with E-state index in [1.165, 1.54) is 16.3 Å². The van der Waals surface area contributed by atoms with E-state index in [-0.39, 0.29) is 0 Å². The van der Waals surface area contributed by atoms with Crippen LogP contribution in [0.3, 0.4) is 0 Å². The highest BCUT2D eigenvalue weighted by atomic mass is 32.1. The lowest BCUT2D eigenvalue weighted by Crippen LogP contribution is -2.31. The van der Waals surface area contributed by atoms with E-state index in [1.807, 2.05) is 6.07 Å². The number of aryl methyl sites for hydroxylation is 1. The minimum atomic E-state index is 1.24. The zero-order valence-electron chi connectivity index (χ0n) is 8.97. The Kier molecular flexibility index (Phi) is 2.97. The molecule has 0 unspecified atom stereocenters. The van der Waals surface area contributed by atoms with Crippen LogP contribution in [-0.2, 0) is 7.05 Å². The molecule has 1 aromatic carbocycles. The van der Waals surface area contributed by atoms with Crippen LogP contribution in [0, 0.1) is 6.92 Å². The number of nitrogens with zero attached hydrogens (tertiary/aromatic N) is 1. The molecule has 0 fully saturated rings. The number of aromatic nitrogens is 1. The van der Waals surface area contributed by atoms with Crippen LogP contribution in [0.5, 0.6) is 0 Å². The number of rotatable bonds is 2. The zero-order valence-corrected chi connectivity index (χ0v) is 9.79. The molecule has 0 bridgehead atoms. The lowest BCUT2D eigenvalue weighted by atomic mass is 10.2. The third kappa shape index (κ3) is 2.34. The topological polar surface area (TPSA) is 3.88 Å². The van der Waals surface area contributed by atoms with Crippen molar-refractivity contribution >= 4 is 23.5 Å². The molecule has 0 saturated heterocycles. The first-order valence-corrected chi connectivity index (χ1v) is 5.82. The van der Waals surface area contributed by atoms with Crippen LogP contribution in [0.4, 0.5) is 0 Å². The number of benzene rings is 1. The fraction of sp³-hybridized carbons (Fsp3) is 0.154. The molecule has 0 radical (unpaired) electrons. The Morgan fingerprint density at radius 1 is 1.13 bits per heavy atom. The van der Waals surface area contributed by atoms with Crippen molar-refractivity contribution < 1.29 is 4.57 Å². The Morgan fingerprint density at radius 3 is 2.47 bits per heavy atom. The third-order valence-electron chi connectivity index (χ3n) is 2.43. The minimum Gasteiger partial charge on any atom is -0.189 e. The Labute approximate surface area is 94.3 Å². The lowest BCUT2D eigenvalue weighted by Gasteiger charge is -1.89. The van der Waals surface area contributed by atoms with Gasteiger partial charge in [0.1, 0.15) is 7.05 Å². The van der Waals surface area contributed by atoms with Crippen molar-refractivity contribution in [1.82, 2.24) is 0 Å². The molecule has 1 aromatic heterocycles. The van der Waals surface area contributed by atoms with Gasteiger partial charge in [-0.2, -0.15) is 4.57 Å². The maximum atomic E-state index is 2.20. The largest absolute Gasteiger partial charge is 0.261 e. The second-order valence-electron chi connectivity index (χ2n) is 3.52. The van der Waals surface area contributed by atoms with Gasteiger partial charge in [-0.25, -0.2) is 0 Å². The summed E-state index contributed by atoms with van der Waals surface area (Å²) in [5, 5.41) is 3.45. The van der Waals surface area contributed by atoms with E-state index in [9.17, 15) is 0 Å². The molecule has 0 aliphatic carbocycles. The molecule has 0 aliphatic rings. The van der Waals surface area contributed by atoms with E-state index in [1.54, 1.807) is 11.3 Å². The van der Waals surface area contributed by atoms with Crippen molar-refractivity contribution in [2.24, 2.45) is 7.05 Å². The van der Waals surface area contributed by atoms with E-state index in [0.29, 0.717) is 0 Å². The van der Waals surface area contributed by atoms with Crippen molar-refractivity contribution in [2.75, 3.05) is 0 Å². The van der Waals surface area contributed by atoms with Gasteiger partial charge in [-0.1, -0.05) is 41.7 Å². The van der Waals surface area contributed by atoms with Gasteiger partial charge in [0.05, 0.1) is 5.38 Å². The van der Waals surface area contributed by atoms with Crippen LogP contribution in [0.25, 0.3) is 12.2 Å². The lowest BCUT2D eigenvalue weighted by molar-refractivity contribution is -0.674. The SMILES string of the molecule is Cc1csc(C=Cc2ccccc2)[n+]1C. The van der Waals surface area contributed by atoms with Crippen LogP contribution in [0.1, 0.15) is 16.3 Å². The first kappa shape index (κ1) is 10.1. The highest BCUT2D eigenvalue weighted by Crippen LogP contribution is 2.10. The van der Waals surface area contributed by atoms with Crippen molar-refractivity contribution in [3.05, 3.63) is 52.0 Å². The van der Waals surface area contributed by atoms with Gasteiger partial charge in [0.25, 0.3) is 5.01 Å². The van der Waals surface area contributed by atoms with Crippen LogP contribution >= 0.6 is 11.3 Å². The number of hydrogen-bond acceptors (Lipinski definition) is 1. The van der Waals surface area contributed by atoms with Gasteiger partial charge in [-0.05, 0) is 11.6 Å². The molecule has 1 nitrogen and oxygen atoms in total. The quantitative estimate of drug-likeness (QED) is 0.679. The van der Waals surface area contributed by atoms with Crippen molar-refractivity contribution in [2.45, 2.75) is 6.92 Å². The van der Waals surface area contributed by atoms with Crippen molar-refractivity contribution in [3.63, 3.8) is 0 Å². The first-order chi connectivity index (χ1) is 7.27. The predicted octanol–water partition coefficient (Wildman–Crippen LogP) is 3.05. The van der Waals surface area contributed by atoms with Crippen LogP contribution in [0.2, 0.25) is 0 Å². The van der Waals surface area contributed by atoms with Gasteiger partial charge in [0, 0.05) is 13.0 Å². The molecule has 0 amide bonds. The van der Waals surface area contributed by atoms with Crippen LogP contribution < -0.4 is 4.57 Å². The van der Waals surface area contributed by atoms with Gasteiger partial charge < -0.3 is 0 Å². The monoisotopic (exact) mass is 216 g/mol. The predicted molar refractivity (Wildman–Crippen MR) is 65.6 cm³/mol. The van der Waals surface area contributed by atoms with E-state index in [0.717, 1.165) is 0 Å². The maximum absolute atomic E-state index is 2.20. The van der Waals surface area contributed by atoms with E-state index in [2.05, 4.69) is 60.3 Å². The van der Waals surface area contributed by atoms with Gasteiger partial charge >= 0.3 is 0 Å². The summed E-state index contributed by atoms with van der Waals surface area (Å²) in [6.45, 7) is 2.12. The smallest absolute Gasteiger partial charge is 0.189 e. The second kappa shape index (κ2) is 4.41. The van der Waals surface area contributed by atoms with Crippen LogP contribution in [-0.4, -0.2) is 0 Å². The summed E-state index contributed by atoms with van der Waals surface area (Å²) in [4.78, 5) is 0. The molecule has 0 aliphatic heterocycles. The van der Waals surface area contributed by atoms with Crippen LogP contribution in [0.15, 0.2) is 35.7 Å². The van der Waals surface area contributed by atoms with Gasteiger partial charge in [0.15, 0.2) is 5.69 Å². The standard InChI is InChI=1S/C13H14NS/c1-11-10-15-13(14(11)2)9-8-12-6-4-3-5-7-12/h3-10H,1-2H3/q+1. The van der Waals surface area contributed by atoms with Gasteiger partial charge in [-0.15, -0.1) is 0 Å². The minimum absolute atomic E-state index is 1.24. The molecule has 0 atom stereocenters. The zero-order chi connectivity index (χ0) is 10.7. The molecule has 2 heteroatoms. The molecule has 1 heterocycles. The summed E-state index contributed by atoms with van der Waals surface area (Å²) in [6.07, 6.45) is 4.30. The Balaban J connectivity index is 2.23. The normalized spacial score (nSPS) is 11.1. The highest BCUT2D eigenvalue weighted by Gasteiger charge is 2.08. The molecule has 0 N–H and O–H groups in total. The van der Waals surface area contributed by atoms with Gasteiger partial charge in [-0.3, -0.25) is 0 Å². The van der Waals surface area contributed by atoms with E-state index < -0.39 is 0 Å². The fourth-order valence-electron chi connectivity index (χ4n) is 1.36. The molecule has 2 rings (SSSR count). The summed E-state index contributed by atoms with van der Waals surface area (Å²) in [6, 6.07) is 10.4. The highest BCUT2D eigenvalue weighted by molar-refractivity contribution is 7.10. The Morgan fingerprint density at radius 2 is 1.87 bits per heavy atom. The summed E-state index contributed by atoms with van der Waals surface area (Å²) in [7, 11) is 2.09. The summed E-state index contributed by atoms with van der Waals surface area (Å²) >= 11 is 1.77. The summed E-state index contributed by atoms with van der Waals surface area (Å²) in [5.74, 6) is 0.